The van der Waals surface area contributed by atoms with Crippen molar-refractivity contribution in [2.24, 2.45) is 7.05 Å². The molecule has 0 unspecified atom stereocenters. The summed E-state index contributed by atoms with van der Waals surface area (Å²) < 4.78 is 13.8. The highest BCUT2D eigenvalue weighted by molar-refractivity contribution is 5.65. The largest absolute Gasteiger partial charge is 0.439 e. The van der Waals surface area contributed by atoms with Gasteiger partial charge in [-0.1, -0.05) is 48.0 Å². The van der Waals surface area contributed by atoms with E-state index in [2.05, 4.69) is 37.8 Å². The monoisotopic (exact) mass is 451 g/mol. The molecule has 0 spiro atoms. The summed E-state index contributed by atoms with van der Waals surface area (Å²) >= 11 is 0. The predicted octanol–water partition coefficient (Wildman–Crippen LogP) is 5.18. The topological polar surface area (TPSA) is 59.8 Å². The van der Waals surface area contributed by atoms with Gasteiger partial charge in [0.2, 0.25) is 5.88 Å². The third-order valence-corrected chi connectivity index (χ3v) is 5.53. The van der Waals surface area contributed by atoms with Crippen LogP contribution >= 0.6 is 0 Å². The van der Waals surface area contributed by atoms with E-state index in [4.69, 9.17) is 14.6 Å². The Bertz CT molecular complexity index is 997. The second-order valence-corrected chi connectivity index (χ2v) is 9.10. The maximum absolute atomic E-state index is 10.6. The zero-order valence-electron chi connectivity index (χ0n) is 20.7. The molecule has 1 heterocycles. The summed E-state index contributed by atoms with van der Waals surface area (Å²) in [4.78, 5) is 2.24. The molecule has 6 heteroatoms. The number of ether oxygens (including phenoxy) is 2. The van der Waals surface area contributed by atoms with Crippen molar-refractivity contribution in [3.8, 4) is 22.9 Å². The Hall–Kier alpha value is -2.67. The van der Waals surface area contributed by atoms with Crippen LogP contribution in [0.2, 0.25) is 0 Å². The van der Waals surface area contributed by atoms with Crippen molar-refractivity contribution < 1.29 is 14.6 Å². The van der Waals surface area contributed by atoms with Crippen molar-refractivity contribution in [1.82, 2.24) is 14.7 Å². The Balaban J connectivity index is 1.94. The van der Waals surface area contributed by atoms with Gasteiger partial charge in [-0.05, 0) is 46.8 Å². The molecule has 0 bridgehead atoms. The molecule has 0 aliphatic heterocycles. The first-order valence-electron chi connectivity index (χ1n) is 11.6. The van der Waals surface area contributed by atoms with Crippen LogP contribution in [0.15, 0.2) is 54.6 Å². The van der Waals surface area contributed by atoms with Gasteiger partial charge in [0.1, 0.15) is 11.4 Å². The first kappa shape index (κ1) is 25.0. The molecule has 0 aliphatic carbocycles. The summed E-state index contributed by atoms with van der Waals surface area (Å²) in [6, 6.07) is 18.4. The van der Waals surface area contributed by atoms with E-state index in [0.29, 0.717) is 25.6 Å². The molecule has 0 fully saturated rings. The van der Waals surface area contributed by atoms with Crippen LogP contribution in [0, 0.1) is 6.92 Å². The van der Waals surface area contributed by atoms with Gasteiger partial charge in [0.05, 0.1) is 24.4 Å². The summed E-state index contributed by atoms with van der Waals surface area (Å²) in [5, 5.41) is 15.4. The minimum absolute atomic E-state index is 0.0877. The fourth-order valence-electron chi connectivity index (χ4n) is 3.66. The van der Waals surface area contributed by atoms with Crippen LogP contribution < -0.4 is 4.74 Å². The van der Waals surface area contributed by atoms with Crippen molar-refractivity contribution in [1.29, 1.82) is 0 Å². The lowest BCUT2D eigenvalue weighted by molar-refractivity contribution is -0.0137. The number of aromatic nitrogens is 2. The Morgan fingerprint density at radius 3 is 2.27 bits per heavy atom. The zero-order chi connectivity index (χ0) is 24.0. The molecule has 0 radical (unpaired) electrons. The van der Waals surface area contributed by atoms with E-state index in [1.165, 1.54) is 5.56 Å². The summed E-state index contributed by atoms with van der Waals surface area (Å²) in [6.07, 6.45) is -0.488. The first-order chi connectivity index (χ1) is 15.7. The van der Waals surface area contributed by atoms with Gasteiger partial charge in [0.15, 0.2) is 0 Å². The molecule has 1 atom stereocenters. The number of aliphatic hydroxyl groups excluding tert-OH is 1. The molecule has 0 amide bonds. The molecule has 0 aliphatic rings. The van der Waals surface area contributed by atoms with Crippen LogP contribution in [-0.2, 0) is 18.3 Å². The fraction of sp³-hybridized carbons (Fsp3) is 0.444. The van der Waals surface area contributed by atoms with Gasteiger partial charge in [0.25, 0.3) is 0 Å². The minimum Gasteiger partial charge on any atom is -0.439 e. The summed E-state index contributed by atoms with van der Waals surface area (Å²) in [6.45, 7) is 11.7. The van der Waals surface area contributed by atoms with E-state index < -0.39 is 6.10 Å². The van der Waals surface area contributed by atoms with Crippen LogP contribution in [-0.4, -0.2) is 51.2 Å². The van der Waals surface area contributed by atoms with Gasteiger partial charge in [0, 0.05) is 31.7 Å². The average molecular weight is 452 g/mol. The smallest absolute Gasteiger partial charge is 0.222 e. The van der Waals surface area contributed by atoms with Crippen LogP contribution in [0.3, 0.4) is 0 Å². The Kier molecular flexibility index (Phi) is 8.67. The lowest BCUT2D eigenvalue weighted by Crippen LogP contribution is -2.39. The molecule has 33 heavy (non-hydrogen) atoms. The normalized spacial score (nSPS) is 12.7. The Morgan fingerprint density at radius 2 is 1.67 bits per heavy atom. The molecule has 2 aromatic carbocycles. The number of rotatable bonds is 11. The molecule has 178 valence electrons. The van der Waals surface area contributed by atoms with Crippen LogP contribution in [0.25, 0.3) is 11.3 Å². The number of benzene rings is 2. The summed E-state index contributed by atoms with van der Waals surface area (Å²) in [5.41, 5.74) is 4.10. The van der Waals surface area contributed by atoms with Crippen molar-refractivity contribution in [3.63, 3.8) is 0 Å². The minimum atomic E-state index is -0.576. The second kappa shape index (κ2) is 11.5. The van der Waals surface area contributed by atoms with Crippen molar-refractivity contribution in [3.05, 3.63) is 65.7 Å². The van der Waals surface area contributed by atoms with E-state index in [-0.39, 0.29) is 12.1 Å². The lowest BCUT2D eigenvalue weighted by Gasteiger charge is -2.29. The number of aliphatic hydroxyl groups is 1. The molecule has 3 aromatic rings. The number of hydrogen-bond donors (Lipinski definition) is 1. The lowest BCUT2D eigenvalue weighted by atomic mass is 10.1. The quantitative estimate of drug-likeness (QED) is 0.435. The van der Waals surface area contributed by atoms with Crippen molar-refractivity contribution in [2.45, 2.75) is 59.4 Å². The Labute approximate surface area is 197 Å². The number of nitrogens with zero attached hydrogens (tertiary/aromatic N) is 3. The molecule has 0 saturated heterocycles. The maximum Gasteiger partial charge on any atom is 0.222 e. The molecular weight excluding hydrogens is 414 g/mol. The molecule has 1 aromatic heterocycles. The van der Waals surface area contributed by atoms with E-state index in [0.717, 1.165) is 22.6 Å². The van der Waals surface area contributed by atoms with Gasteiger partial charge in [-0.2, -0.15) is 5.10 Å². The molecular formula is C27H37N3O3. The third-order valence-electron chi connectivity index (χ3n) is 5.53. The van der Waals surface area contributed by atoms with Crippen molar-refractivity contribution in [2.75, 3.05) is 13.2 Å². The van der Waals surface area contributed by atoms with Gasteiger partial charge < -0.3 is 14.6 Å². The van der Waals surface area contributed by atoms with Crippen molar-refractivity contribution >= 4 is 0 Å². The van der Waals surface area contributed by atoms with Gasteiger partial charge >= 0.3 is 0 Å². The third kappa shape index (κ3) is 6.90. The van der Waals surface area contributed by atoms with Crippen LogP contribution in [0.5, 0.6) is 11.6 Å². The first-order valence-corrected chi connectivity index (χ1v) is 11.6. The SMILES string of the molecule is Cc1ccc(Oc2c(CN(C[C@H](O)COC(C)C)C(C)C)c(-c3ccccc3)nn2C)cc1. The van der Waals surface area contributed by atoms with Gasteiger partial charge in [-0.25, -0.2) is 4.68 Å². The highest BCUT2D eigenvalue weighted by Gasteiger charge is 2.24. The van der Waals surface area contributed by atoms with E-state index in [1.54, 1.807) is 4.68 Å². The zero-order valence-corrected chi connectivity index (χ0v) is 20.7. The van der Waals surface area contributed by atoms with Gasteiger partial charge in [-0.3, -0.25) is 4.90 Å². The summed E-state index contributed by atoms with van der Waals surface area (Å²) in [7, 11) is 1.91. The fourth-order valence-corrected chi connectivity index (χ4v) is 3.66. The Morgan fingerprint density at radius 1 is 1.00 bits per heavy atom. The van der Waals surface area contributed by atoms with E-state index >= 15 is 0 Å². The summed E-state index contributed by atoms with van der Waals surface area (Å²) in [5.74, 6) is 1.47. The molecule has 1 N–H and O–H groups in total. The standard InChI is InChI=1S/C27H37N3O3/c1-19(2)30(16-23(31)18-32-20(3)4)17-25-26(22-10-8-7-9-11-22)28-29(6)27(25)33-24-14-12-21(5)13-15-24/h7-15,19-20,23,31H,16-18H2,1-6H3/t23-/m0/s1. The predicted molar refractivity (Wildman–Crippen MR) is 133 cm³/mol. The second-order valence-electron chi connectivity index (χ2n) is 9.10. The van der Waals surface area contributed by atoms with Crippen LogP contribution in [0.4, 0.5) is 0 Å². The highest BCUT2D eigenvalue weighted by atomic mass is 16.5. The average Bonchev–Trinajstić information content (AvgIpc) is 3.09. The van der Waals surface area contributed by atoms with Gasteiger partial charge in [-0.15, -0.1) is 0 Å². The maximum atomic E-state index is 10.6. The number of hydrogen-bond acceptors (Lipinski definition) is 5. The number of aryl methyl sites for hydroxylation is 2. The van der Waals surface area contributed by atoms with E-state index in [1.807, 2.05) is 63.4 Å². The highest BCUT2D eigenvalue weighted by Crippen LogP contribution is 2.34. The van der Waals surface area contributed by atoms with Crippen LogP contribution in [0.1, 0.15) is 38.8 Å². The molecule has 6 nitrogen and oxygen atoms in total. The molecule has 3 rings (SSSR count). The molecule has 0 saturated carbocycles. The van der Waals surface area contributed by atoms with E-state index in [9.17, 15) is 5.11 Å².